The number of hydrogen-bond donors (Lipinski definition) is 2. The Morgan fingerprint density at radius 1 is 0.970 bits per heavy atom. The maximum absolute atomic E-state index is 13.0. The molecule has 0 unspecified atom stereocenters. The standard InChI is InChI=1S/C17H9F6N7O3/c18-16(19,20)10-1-7(2-11(28-10)17(21,22)23)13-27-6-30(29-13)5-9(12(24)31)8-3-25-14(15(32)33)26-4-8/h1-6H,(H2,24,31)(H,32,33)/b9-5+. The van der Waals surface area contributed by atoms with Gasteiger partial charge in [-0.2, -0.15) is 26.3 Å². The van der Waals surface area contributed by atoms with Crippen LogP contribution in [0.2, 0.25) is 0 Å². The number of carbonyl (C=O) groups excluding carboxylic acids is 1. The van der Waals surface area contributed by atoms with E-state index >= 15 is 0 Å². The fourth-order valence-electron chi connectivity index (χ4n) is 2.41. The number of carboxylic acid groups (broad SMARTS) is 1. The smallest absolute Gasteiger partial charge is 0.433 e. The molecule has 0 aliphatic rings. The van der Waals surface area contributed by atoms with E-state index in [4.69, 9.17) is 10.8 Å². The summed E-state index contributed by atoms with van der Waals surface area (Å²) >= 11 is 0. The highest BCUT2D eigenvalue weighted by Gasteiger charge is 2.39. The molecule has 0 aliphatic carbocycles. The van der Waals surface area contributed by atoms with E-state index in [0.29, 0.717) is 12.1 Å². The van der Waals surface area contributed by atoms with E-state index in [2.05, 4.69) is 25.0 Å². The van der Waals surface area contributed by atoms with Gasteiger partial charge < -0.3 is 10.8 Å². The van der Waals surface area contributed by atoms with Gasteiger partial charge in [-0.05, 0) is 12.1 Å². The lowest BCUT2D eigenvalue weighted by Crippen LogP contribution is -2.15. The van der Waals surface area contributed by atoms with E-state index in [0.717, 1.165) is 29.6 Å². The van der Waals surface area contributed by atoms with E-state index in [9.17, 15) is 35.9 Å². The number of amides is 1. The Hall–Kier alpha value is -4.37. The van der Waals surface area contributed by atoms with Crippen molar-refractivity contribution in [2.45, 2.75) is 12.4 Å². The molecule has 3 rings (SSSR count). The van der Waals surface area contributed by atoms with Crippen LogP contribution in [0.3, 0.4) is 0 Å². The molecular weight excluding hydrogens is 464 g/mol. The first-order chi connectivity index (χ1) is 15.3. The molecule has 0 radical (unpaired) electrons. The summed E-state index contributed by atoms with van der Waals surface area (Å²) in [6.45, 7) is 0. The molecule has 0 saturated carbocycles. The highest BCUT2D eigenvalue weighted by molar-refractivity contribution is 6.22. The summed E-state index contributed by atoms with van der Waals surface area (Å²) in [6, 6.07) is 0.679. The zero-order valence-corrected chi connectivity index (χ0v) is 15.8. The molecule has 33 heavy (non-hydrogen) atoms. The van der Waals surface area contributed by atoms with Gasteiger partial charge in [-0.1, -0.05) is 0 Å². The average molecular weight is 473 g/mol. The lowest BCUT2D eigenvalue weighted by molar-refractivity contribution is -0.150. The zero-order valence-electron chi connectivity index (χ0n) is 15.8. The van der Waals surface area contributed by atoms with Crippen LogP contribution in [0.4, 0.5) is 26.3 Å². The topological polar surface area (TPSA) is 150 Å². The summed E-state index contributed by atoms with van der Waals surface area (Å²) in [7, 11) is 0. The monoisotopic (exact) mass is 473 g/mol. The zero-order chi connectivity index (χ0) is 24.6. The summed E-state index contributed by atoms with van der Waals surface area (Å²) in [5, 5.41) is 12.6. The van der Waals surface area contributed by atoms with Crippen molar-refractivity contribution in [1.82, 2.24) is 29.7 Å². The van der Waals surface area contributed by atoms with Crippen LogP contribution >= 0.6 is 0 Å². The predicted octanol–water partition coefficient (Wildman–Crippen LogP) is 2.35. The Bertz CT molecular complexity index is 1220. The lowest BCUT2D eigenvalue weighted by Gasteiger charge is -2.11. The van der Waals surface area contributed by atoms with Crippen LogP contribution in [0.5, 0.6) is 0 Å². The predicted molar refractivity (Wildman–Crippen MR) is 95.6 cm³/mol. The molecular formula is C17H9F6N7O3. The van der Waals surface area contributed by atoms with Crippen molar-refractivity contribution in [3.05, 3.63) is 53.6 Å². The van der Waals surface area contributed by atoms with Crippen molar-refractivity contribution in [2.75, 3.05) is 0 Å². The Kier molecular flexibility index (Phi) is 5.85. The summed E-state index contributed by atoms with van der Waals surface area (Å²) in [6.07, 6.45) is -6.54. The normalized spacial score (nSPS) is 12.6. The number of carboxylic acids is 1. The molecule has 3 aromatic heterocycles. The van der Waals surface area contributed by atoms with Gasteiger partial charge in [-0.3, -0.25) is 4.79 Å². The van der Waals surface area contributed by atoms with Gasteiger partial charge in [-0.25, -0.2) is 29.4 Å². The maximum Gasteiger partial charge on any atom is 0.433 e. The van der Waals surface area contributed by atoms with Crippen LogP contribution in [0.25, 0.3) is 23.2 Å². The number of halogens is 6. The molecule has 0 aromatic carbocycles. The summed E-state index contributed by atoms with van der Waals surface area (Å²) in [5.74, 6) is -3.57. The number of primary amides is 1. The minimum Gasteiger partial charge on any atom is -0.475 e. The van der Waals surface area contributed by atoms with E-state index in [1.165, 1.54) is 0 Å². The van der Waals surface area contributed by atoms with Gasteiger partial charge in [0.05, 0.1) is 5.57 Å². The summed E-state index contributed by atoms with van der Waals surface area (Å²) in [5.41, 5.74) is 0.703. The molecule has 16 heteroatoms. The summed E-state index contributed by atoms with van der Waals surface area (Å²) in [4.78, 5) is 35.9. The van der Waals surface area contributed by atoms with Crippen LogP contribution in [-0.4, -0.2) is 46.7 Å². The van der Waals surface area contributed by atoms with Crippen LogP contribution < -0.4 is 5.73 Å². The Labute approximate surface area is 178 Å². The second kappa shape index (κ2) is 8.29. The molecule has 0 atom stereocenters. The molecule has 0 aliphatic heterocycles. The van der Waals surface area contributed by atoms with Crippen molar-refractivity contribution < 1.29 is 41.0 Å². The van der Waals surface area contributed by atoms with Crippen molar-refractivity contribution in [2.24, 2.45) is 5.73 Å². The first-order valence-electron chi connectivity index (χ1n) is 8.41. The van der Waals surface area contributed by atoms with Crippen molar-refractivity contribution in [3.63, 3.8) is 0 Å². The average Bonchev–Trinajstić information content (AvgIpc) is 3.19. The number of nitrogens with zero attached hydrogens (tertiary/aromatic N) is 6. The van der Waals surface area contributed by atoms with E-state index < -0.39 is 52.8 Å². The molecule has 3 N–H and O–H groups in total. The first kappa shape index (κ1) is 23.3. The Morgan fingerprint density at radius 2 is 1.52 bits per heavy atom. The lowest BCUT2D eigenvalue weighted by atomic mass is 10.1. The first-order valence-corrected chi connectivity index (χ1v) is 8.41. The van der Waals surface area contributed by atoms with Gasteiger partial charge in [0, 0.05) is 29.7 Å². The third-order valence-electron chi connectivity index (χ3n) is 3.85. The number of pyridine rings is 1. The van der Waals surface area contributed by atoms with Gasteiger partial charge in [0.15, 0.2) is 5.82 Å². The SMILES string of the molecule is NC(=O)/C(=C/n1cnc(-c2cc(C(F)(F)F)nc(C(F)(F)F)c2)n1)c1cnc(C(=O)O)nc1. The van der Waals surface area contributed by atoms with Gasteiger partial charge >= 0.3 is 18.3 Å². The third kappa shape index (κ3) is 5.28. The van der Waals surface area contributed by atoms with Crippen LogP contribution in [0, 0.1) is 0 Å². The molecule has 3 heterocycles. The van der Waals surface area contributed by atoms with E-state index in [-0.39, 0.29) is 11.1 Å². The largest absolute Gasteiger partial charge is 0.475 e. The number of nitrogens with two attached hydrogens (primary N) is 1. The second-order valence-electron chi connectivity index (χ2n) is 6.18. The number of aromatic nitrogens is 6. The van der Waals surface area contributed by atoms with Crippen molar-refractivity contribution in [3.8, 4) is 11.4 Å². The second-order valence-corrected chi connectivity index (χ2v) is 6.18. The molecule has 10 nitrogen and oxygen atoms in total. The number of carbonyl (C=O) groups is 2. The number of alkyl halides is 6. The highest BCUT2D eigenvalue weighted by atomic mass is 19.4. The molecule has 0 bridgehead atoms. The Morgan fingerprint density at radius 3 is 1.97 bits per heavy atom. The van der Waals surface area contributed by atoms with Crippen molar-refractivity contribution >= 4 is 23.6 Å². The van der Waals surface area contributed by atoms with Gasteiger partial charge in [0.2, 0.25) is 5.82 Å². The van der Waals surface area contributed by atoms with Crippen molar-refractivity contribution in [1.29, 1.82) is 0 Å². The minimum atomic E-state index is -5.17. The third-order valence-corrected chi connectivity index (χ3v) is 3.85. The molecule has 0 fully saturated rings. The van der Waals surface area contributed by atoms with Crippen LogP contribution in [0.15, 0.2) is 30.9 Å². The molecule has 1 amide bonds. The quantitative estimate of drug-likeness (QED) is 0.424. The molecule has 3 aromatic rings. The molecule has 0 spiro atoms. The van der Waals surface area contributed by atoms with Gasteiger partial charge in [0.25, 0.3) is 5.91 Å². The van der Waals surface area contributed by atoms with Crippen LogP contribution in [-0.2, 0) is 17.1 Å². The minimum absolute atomic E-state index is 0.0350. The number of hydrogen-bond acceptors (Lipinski definition) is 7. The Balaban J connectivity index is 2.04. The van der Waals surface area contributed by atoms with Gasteiger partial charge in [-0.15, -0.1) is 5.10 Å². The molecule has 172 valence electrons. The number of aromatic carboxylic acids is 1. The fourth-order valence-corrected chi connectivity index (χ4v) is 2.41. The molecule has 0 saturated heterocycles. The number of rotatable bonds is 5. The van der Waals surface area contributed by atoms with E-state index in [1.807, 2.05) is 0 Å². The fraction of sp³-hybridized carbons (Fsp3) is 0.118. The van der Waals surface area contributed by atoms with E-state index in [1.54, 1.807) is 0 Å². The maximum atomic E-state index is 13.0. The van der Waals surface area contributed by atoms with Crippen LogP contribution in [0.1, 0.15) is 27.6 Å². The summed E-state index contributed by atoms with van der Waals surface area (Å²) < 4.78 is 78.8. The highest BCUT2D eigenvalue weighted by Crippen LogP contribution is 2.35. The van der Waals surface area contributed by atoms with Gasteiger partial charge in [0.1, 0.15) is 17.7 Å².